The molecule has 0 fully saturated rings. The summed E-state index contributed by atoms with van der Waals surface area (Å²) in [6, 6.07) is 9.89. The molecule has 1 amide bonds. The van der Waals surface area contributed by atoms with Crippen LogP contribution in [0, 0.1) is 11.3 Å². The number of methoxy groups -OCH3 is 1. The number of pyridine rings is 1. The highest BCUT2D eigenvalue weighted by atomic mass is 16.5. The molecule has 0 bridgehead atoms. The van der Waals surface area contributed by atoms with Crippen molar-refractivity contribution in [3.8, 4) is 11.8 Å². The molecule has 0 atom stereocenters. The molecule has 0 aliphatic carbocycles. The monoisotopic (exact) mass is 268 g/mol. The highest BCUT2D eigenvalue weighted by Gasteiger charge is 2.10. The molecule has 6 heteroatoms. The van der Waals surface area contributed by atoms with Crippen molar-refractivity contribution in [2.24, 2.45) is 0 Å². The van der Waals surface area contributed by atoms with Gasteiger partial charge in [0.15, 0.2) is 0 Å². The summed E-state index contributed by atoms with van der Waals surface area (Å²) in [5.41, 5.74) is 6.78. The lowest BCUT2D eigenvalue weighted by Crippen LogP contribution is -2.13. The number of nitrogens with one attached hydrogen (secondary N) is 1. The number of ether oxygens (including phenoxy) is 1. The number of benzene rings is 1. The molecule has 0 saturated carbocycles. The summed E-state index contributed by atoms with van der Waals surface area (Å²) < 4.78 is 5.14. The zero-order valence-corrected chi connectivity index (χ0v) is 10.8. The standard InChI is InChI=1S/C14H12N4O2/c1-20-12-6-9(7-15)2-4-11(12)18-14(19)10-3-5-13(16)17-8-10/h2-6,8H,1H3,(H2,16,17)(H,18,19). The normalized spacial score (nSPS) is 9.60. The van der Waals surface area contributed by atoms with Gasteiger partial charge in [0.1, 0.15) is 11.6 Å². The van der Waals surface area contributed by atoms with Gasteiger partial charge in [0.25, 0.3) is 5.91 Å². The summed E-state index contributed by atoms with van der Waals surface area (Å²) in [5, 5.41) is 11.5. The Morgan fingerprint density at radius 2 is 2.20 bits per heavy atom. The predicted molar refractivity (Wildman–Crippen MR) is 74.3 cm³/mol. The van der Waals surface area contributed by atoms with E-state index in [-0.39, 0.29) is 5.91 Å². The van der Waals surface area contributed by atoms with Gasteiger partial charge >= 0.3 is 0 Å². The van der Waals surface area contributed by atoms with Crippen molar-refractivity contribution in [3.63, 3.8) is 0 Å². The van der Waals surface area contributed by atoms with Crippen molar-refractivity contribution in [2.75, 3.05) is 18.2 Å². The van der Waals surface area contributed by atoms with E-state index in [2.05, 4.69) is 10.3 Å². The third-order valence-corrected chi connectivity index (χ3v) is 2.63. The van der Waals surface area contributed by atoms with E-state index < -0.39 is 0 Å². The number of nitrogens with zero attached hydrogens (tertiary/aromatic N) is 2. The second kappa shape index (κ2) is 5.71. The van der Waals surface area contributed by atoms with Gasteiger partial charge in [-0.1, -0.05) is 0 Å². The number of rotatable bonds is 3. The molecule has 0 saturated heterocycles. The summed E-state index contributed by atoms with van der Waals surface area (Å²) in [7, 11) is 1.47. The summed E-state index contributed by atoms with van der Waals surface area (Å²) in [6.07, 6.45) is 1.39. The van der Waals surface area contributed by atoms with Gasteiger partial charge < -0.3 is 15.8 Å². The number of aromatic nitrogens is 1. The first kappa shape index (κ1) is 13.4. The number of carbonyl (C=O) groups excluding carboxylic acids is 1. The highest BCUT2D eigenvalue weighted by molar-refractivity contribution is 6.04. The number of nitrogen functional groups attached to an aromatic ring is 1. The minimum atomic E-state index is -0.333. The first-order valence-corrected chi connectivity index (χ1v) is 5.75. The molecule has 0 radical (unpaired) electrons. The fourth-order valence-corrected chi connectivity index (χ4v) is 1.60. The Kier molecular flexibility index (Phi) is 3.82. The molecule has 0 aliphatic rings. The molecule has 100 valence electrons. The number of carbonyl (C=O) groups is 1. The summed E-state index contributed by atoms with van der Waals surface area (Å²) >= 11 is 0. The van der Waals surface area contributed by atoms with Crippen LogP contribution in [0.4, 0.5) is 11.5 Å². The van der Waals surface area contributed by atoms with Crippen molar-refractivity contribution >= 4 is 17.4 Å². The number of hydrogen-bond acceptors (Lipinski definition) is 5. The smallest absolute Gasteiger partial charge is 0.257 e. The predicted octanol–water partition coefficient (Wildman–Crippen LogP) is 1.80. The minimum Gasteiger partial charge on any atom is -0.495 e. The van der Waals surface area contributed by atoms with E-state index in [1.807, 2.05) is 6.07 Å². The Bertz CT molecular complexity index is 675. The van der Waals surface area contributed by atoms with E-state index in [1.54, 1.807) is 30.3 Å². The largest absolute Gasteiger partial charge is 0.495 e. The van der Waals surface area contributed by atoms with Crippen LogP contribution in [0.3, 0.4) is 0 Å². The van der Waals surface area contributed by atoms with Crippen LogP contribution in [0.25, 0.3) is 0 Å². The Hall–Kier alpha value is -3.07. The molecule has 0 aliphatic heterocycles. The van der Waals surface area contributed by atoms with E-state index in [1.165, 1.54) is 13.3 Å². The van der Waals surface area contributed by atoms with Gasteiger partial charge in [-0.2, -0.15) is 5.26 Å². The molecular formula is C14H12N4O2. The van der Waals surface area contributed by atoms with Crippen LogP contribution in [0.2, 0.25) is 0 Å². The fourth-order valence-electron chi connectivity index (χ4n) is 1.60. The number of amides is 1. The minimum absolute atomic E-state index is 0.333. The Balaban J connectivity index is 2.23. The maximum Gasteiger partial charge on any atom is 0.257 e. The van der Waals surface area contributed by atoms with Gasteiger partial charge in [0, 0.05) is 12.3 Å². The SMILES string of the molecule is COc1cc(C#N)ccc1NC(=O)c1ccc(N)nc1. The van der Waals surface area contributed by atoms with Crippen LogP contribution in [0.15, 0.2) is 36.5 Å². The van der Waals surface area contributed by atoms with Gasteiger partial charge in [-0.25, -0.2) is 4.98 Å². The molecule has 1 heterocycles. The number of nitriles is 1. The number of anilines is 2. The van der Waals surface area contributed by atoms with Crippen molar-refractivity contribution in [3.05, 3.63) is 47.7 Å². The summed E-state index contributed by atoms with van der Waals surface area (Å²) in [4.78, 5) is 15.9. The summed E-state index contributed by atoms with van der Waals surface area (Å²) in [6.45, 7) is 0. The van der Waals surface area contributed by atoms with Crippen LogP contribution >= 0.6 is 0 Å². The van der Waals surface area contributed by atoms with Crippen molar-refractivity contribution in [1.82, 2.24) is 4.98 Å². The Morgan fingerprint density at radius 3 is 2.80 bits per heavy atom. The van der Waals surface area contributed by atoms with E-state index in [4.69, 9.17) is 15.7 Å². The maximum absolute atomic E-state index is 12.0. The molecule has 1 aromatic carbocycles. The van der Waals surface area contributed by atoms with Gasteiger partial charge in [0.2, 0.25) is 0 Å². The zero-order valence-electron chi connectivity index (χ0n) is 10.8. The second-order valence-electron chi connectivity index (χ2n) is 3.95. The lowest BCUT2D eigenvalue weighted by Gasteiger charge is -2.10. The first-order chi connectivity index (χ1) is 9.63. The van der Waals surface area contributed by atoms with E-state index in [0.29, 0.717) is 28.4 Å². The van der Waals surface area contributed by atoms with Gasteiger partial charge in [-0.05, 0) is 24.3 Å². The van der Waals surface area contributed by atoms with Crippen LogP contribution in [0.5, 0.6) is 5.75 Å². The van der Waals surface area contributed by atoms with Crippen molar-refractivity contribution in [2.45, 2.75) is 0 Å². The fraction of sp³-hybridized carbons (Fsp3) is 0.0714. The average molecular weight is 268 g/mol. The third kappa shape index (κ3) is 2.84. The molecule has 0 spiro atoms. The lowest BCUT2D eigenvalue weighted by molar-refractivity contribution is 0.102. The Morgan fingerprint density at radius 1 is 1.40 bits per heavy atom. The molecule has 1 aromatic heterocycles. The molecule has 3 N–H and O–H groups in total. The van der Waals surface area contributed by atoms with Gasteiger partial charge in [-0.15, -0.1) is 0 Å². The zero-order chi connectivity index (χ0) is 14.5. The van der Waals surface area contributed by atoms with E-state index in [0.717, 1.165) is 0 Å². The molecule has 6 nitrogen and oxygen atoms in total. The van der Waals surface area contributed by atoms with Gasteiger partial charge in [-0.3, -0.25) is 4.79 Å². The molecule has 20 heavy (non-hydrogen) atoms. The average Bonchev–Trinajstić information content (AvgIpc) is 2.48. The molecular weight excluding hydrogens is 256 g/mol. The maximum atomic E-state index is 12.0. The van der Waals surface area contributed by atoms with Crippen LogP contribution in [0.1, 0.15) is 15.9 Å². The molecule has 2 rings (SSSR count). The molecule has 2 aromatic rings. The Labute approximate surface area is 115 Å². The second-order valence-corrected chi connectivity index (χ2v) is 3.95. The first-order valence-electron chi connectivity index (χ1n) is 5.75. The number of hydrogen-bond donors (Lipinski definition) is 2. The van der Waals surface area contributed by atoms with Crippen LogP contribution < -0.4 is 15.8 Å². The third-order valence-electron chi connectivity index (χ3n) is 2.63. The lowest BCUT2D eigenvalue weighted by atomic mass is 10.2. The molecule has 0 unspecified atom stereocenters. The van der Waals surface area contributed by atoms with Gasteiger partial charge in [0.05, 0.1) is 30.0 Å². The topological polar surface area (TPSA) is 101 Å². The van der Waals surface area contributed by atoms with E-state index >= 15 is 0 Å². The number of nitrogens with two attached hydrogens (primary N) is 1. The quantitative estimate of drug-likeness (QED) is 0.883. The highest BCUT2D eigenvalue weighted by Crippen LogP contribution is 2.25. The van der Waals surface area contributed by atoms with Crippen LogP contribution in [-0.4, -0.2) is 18.0 Å². The van der Waals surface area contributed by atoms with Crippen molar-refractivity contribution in [1.29, 1.82) is 5.26 Å². The van der Waals surface area contributed by atoms with Crippen molar-refractivity contribution < 1.29 is 9.53 Å². The van der Waals surface area contributed by atoms with Crippen LogP contribution in [-0.2, 0) is 0 Å². The van der Waals surface area contributed by atoms with E-state index in [9.17, 15) is 4.79 Å². The summed E-state index contributed by atoms with van der Waals surface area (Å²) in [5.74, 6) is 0.429.